The van der Waals surface area contributed by atoms with E-state index in [4.69, 9.17) is 5.26 Å². The average Bonchev–Trinajstić information content (AvgIpc) is 2.29. The largest absolute Gasteiger partial charge is 0.285 e. The van der Waals surface area contributed by atoms with Gasteiger partial charge in [0.25, 0.3) is 0 Å². The summed E-state index contributed by atoms with van der Waals surface area (Å²) in [4.78, 5) is 2.07. The van der Waals surface area contributed by atoms with Crippen LogP contribution in [-0.4, -0.2) is 17.5 Å². The van der Waals surface area contributed by atoms with Gasteiger partial charge in [-0.2, -0.15) is 5.26 Å². The van der Waals surface area contributed by atoms with Crippen LogP contribution in [0.2, 0.25) is 0 Å². The van der Waals surface area contributed by atoms with Crippen molar-refractivity contribution in [2.45, 2.75) is 45.7 Å². The van der Waals surface area contributed by atoms with Crippen LogP contribution in [0.5, 0.6) is 0 Å². The molecule has 0 atom stereocenters. The van der Waals surface area contributed by atoms with Gasteiger partial charge in [0.1, 0.15) is 5.54 Å². The molecule has 0 unspecified atom stereocenters. The normalized spacial score (nSPS) is 11.9. The summed E-state index contributed by atoms with van der Waals surface area (Å²) in [5.74, 6) is 0.567. The molecule has 17 heavy (non-hydrogen) atoms. The molecule has 0 aliphatic carbocycles. The molecule has 2 heteroatoms. The summed E-state index contributed by atoms with van der Waals surface area (Å²) in [7, 11) is 1.99. The van der Waals surface area contributed by atoms with Crippen molar-refractivity contribution in [1.82, 2.24) is 4.90 Å². The van der Waals surface area contributed by atoms with Crippen LogP contribution in [0.25, 0.3) is 0 Å². The molecule has 0 radical (unpaired) electrons. The summed E-state index contributed by atoms with van der Waals surface area (Å²) in [6.45, 7) is 9.07. The van der Waals surface area contributed by atoms with Crippen LogP contribution in [0, 0.1) is 11.3 Å². The Labute approximate surface area is 105 Å². The zero-order valence-corrected chi connectivity index (χ0v) is 11.5. The van der Waals surface area contributed by atoms with E-state index >= 15 is 0 Å². The Morgan fingerprint density at radius 2 is 1.76 bits per heavy atom. The number of nitrogens with zero attached hydrogens (tertiary/aromatic N) is 2. The van der Waals surface area contributed by atoms with Crippen molar-refractivity contribution in [2.75, 3.05) is 7.05 Å². The lowest BCUT2D eigenvalue weighted by Crippen LogP contribution is -2.38. The third-order valence-corrected chi connectivity index (χ3v) is 3.29. The molecule has 1 aromatic carbocycles. The first-order valence-corrected chi connectivity index (χ1v) is 6.08. The zero-order valence-electron chi connectivity index (χ0n) is 11.5. The van der Waals surface area contributed by atoms with Gasteiger partial charge in [0.15, 0.2) is 0 Å². The van der Waals surface area contributed by atoms with Gasteiger partial charge in [-0.25, -0.2) is 0 Å². The first-order valence-electron chi connectivity index (χ1n) is 6.08. The summed E-state index contributed by atoms with van der Waals surface area (Å²) in [6, 6.07) is 11.0. The zero-order chi connectivity index (χ0) is 13.1. The summed E-state index contributed by atoms with van der Waals surface area (Å²) < 4.78 is 0. The highest BCUT2D eigenvalue weighted by atomic mass is 15.2. The quantitative estimate of drug-likeness (QED) is 0.791. The monoisotopic (exact) mass is 230 g/mol. The molecule has 2 nitrogen and oxygen atoms in total. The minimum absolute atomic E-state index is 0.420. The maximum atomic E-state index is 9.07. The summed E-state index contributed by atoms with van der Waals surface area (Å²) >= 11 is 0. The van der Waals surface area contributed by atoms with E-state index in [-0.39, 0.29) is 0 Å². The van der Waals surface area contributed by atoms with Gasteiger partial charge in [0.05, 0.1) is 6.07 Å². The Hall–Kier alpha value is -1.33. The minimum Gasteiger partial charge on any atom is -0.285 e. The van der Waals surface area contributed by atoms with Crippen LogP contribution in [0.15, 0.2) is 24.3 Å². The number of hydrogen-bond donors (Lipinski definition) is 0. The van der Waals surface area contributed by atoms with Gasteiger partial charge in [0.2, 0.25) is 0 Å². The molecular formula is C15H22N2. The number of rotatable bonds is 4. The van der Waals surface area contributed by atoms with Gasteiger partial charge in [-0.05, 0) is 37.9 Å². The Kier molecular flexibility index (Phi) is 4.31. The second-order valence-corrected chi connectivity index (χ2v) is 5.42. The second-order valence-electron chi connectivity index (χ2n) is 5.42. The molecule has 0 heterocycles. The van der Waals surface area contributed by atoms with Gasteiger partial charge < -0.3 is 0 Å². The van der Waals surface area contributed by atoms with Gasteiger partial charge >= 0.3 is 0 Å². The molecule has 0 bridgehead atoms. The fraction of sp³-hybridized carbons (Fsp3) is 0.533. The number of hydrogen-bond acceptors (Lipinski definition) is 2. The van der Waals surface area contributed by atoms with E-state index in [2.05, 4.69) is 49.1 Å². The predicted octanol–water partition coefficient (Wildman–Crippen LogP) is 3.54. The highest BCUT2D eigenvalue weighted by Gasteiger charge is 2.22. The van der Waals surface area contributed by atoms with Crippen molar-refractivity contribution >= 4 is 0 Å². The van der Waals surface area contributed by atoms with E-state index < -0.39 is 5.54 Å². The first-order chi connectivity index (χ1) is 7.86. The third kappa shape index (κ3) is 3.57. The smallest absolute Gasteiger partial charge is 0.103 e. The van der Waals surface area contributed by atoms with E-state index in [0.717, 1.165) is 6.54 Å². The molecule has 0 amide bonds. The lowest BCUT2D eigenvalue weighted by molar-refractivity contribution is 0.203. The van der Waals surface area contributed by atoms with Gasteiger partial charge in [0, 0.05) is 6.54 Å². The Bertz CT molecular complexity index is 396. The third-order valence-electron chi connectivity index (χ3n) is 3.29. The molecule has 0 fully saturated rings. The second kappa shape index (κ2) is 5.33. The van der Waals surface area contributed by atoms with Gasteiger partial charge in [-0.15, -0.1) is 0 Å². The molecule has 1 aromatic rings. The SMILES string of the molecule is CC(C)c1ccc(CN(C)C(C)(C)C#N)cc1. The van der Waals surface area contributed by atoms with E-state index in [1.165, 1.54) is 11.1 Å². The molecule has 0 N–H and O–H groups in total. The average molecular weight is 230 g/mol. The van der Waals surface area contributed by atoms with Gasteiger partial charge in [-0.3, -0.25) is 4.90 Å². The molecule has 0 spiro atoms. The molecule has 1 rings (SSSR count). The highest BCUT2D eigenvalue weighted by Crippen LogP contribution is 2.18. The maximum absolute atomic E-state index is 9.07. The molecule has 0 aliphatic rings. The maximum Gasteiger partial charge on any atom is 0.103 e. The molecule has 0 aromatic heterocycles. The topological polar surface area (TPSA) is 27.0 Å². The fourth-order valence-corrected chi connectivity index (χ4v) is 1.56. The van der Waals surface area contributed by atoms with Crippen molar-refractivity contribution in [1.29, 1.82) is 5.26 Å². The Morgan fingerprint density at radius 1 is 1.24 bits per heavy atom. The van der Waals surface area contributed by atoms with E-state index in [0.29, 0.717) is 5.92 Å². The van der Waals surface area contributed by atoms with Crippen molar-refractivity contribution in [3.63, 3.8) is 0 Å². The molecule has 0 saturated carbocycles. The summed E-state index contributed by atoms with van der Waals surface area (Å²) in [6.07, 6.45) is 0. The van der Waals surface area contributed by atoms with Crippen LogP contribution in [0.4, 0.5) is 0 Å². The number of nitriles is 1. The minimum atomic E-state index is -0.420. The predicted molar refractivity (Wildman–Crippen MR) is 71.7 cm³/mol. The molecule has 0 saturated heterocycles. The lowest BCUT2D eigenvalue weighted by Gasteiger charge is -2.29. The van der Waals surface area contributed by atoms with Crippen molar-refractivity contribution < 1.29 is 0 Å². The molecule has 0 aliphatic heterocycles. The van der Waals surface area contributed by atoms with Crippen molar-refractivity contribution in [2.24, 2.45) is 0 Å². The van der Waals surface area contributed by atoms with Crippen molar-refractivity contribution in [3.8, 4) is 6.07 Å². The van der Waals surface area contributed by atoms with Crippen LogP contribution < -0.4 is 0 Å². The van der Waals surface area contributed by atoms with E-state index in [1.807, 2.05) is 20.9 Å². The van der Waals surface area contributed by atoms with E-state index in [1.54, 1.807) is 0 Å². The summed E-state index contributed by atoms with van der Waals surface area (Å²) in [5, 5.41) is 9.07. The Morgan fingerprint density at radius 3 is 2.18 bits per heavy atom. The fourth-order valence-electron chi connectivity index (χ4n) is 1.56. The number of benzene rings is 1. The highest BCUT2D eigenvalue weighted by molar-refractivity contribution is 5.25. The Balaban J connectivity index is 2.74. The standard InChI is InChI=1S/C15H22N2/c1-12(2)14-8-6-13(7-9-14)10-17(5)15(3,4)11-16/h6-9,12H,10H2,1-5H3. The van der Waals surface area contributed by atoms with Crippen LogP contribution in [-0.2, 0) is 6.54 Å². The van der Waals surface area contributed by atoms with Gasteiger partial charge in [-0.1, -0.05) is 38.1 Å². The first kappa shape index (κ1) is 13.7. The van der Waals surface area contributed by atoms with Crippen molar-refractivity contribution in [3.05, 3.63) is 35.4 Å². The van der Waals surface area contributed by atoms with Crippen LogP contribution in [0.1, 0.15) is 44.7 Å². The van der Waals surface area contributed by atoms with E-state index in [9.17, 15) is 0 Å². The molecular weight excluding hydrogens is 208 g/mol. The van der Waals surface area contributed by atoms with Crippen LogP contribution >= 0.6 is 0 Å². The molecule has 92 valence electrons. The lowest BCUT2D eigenvalue weighted by atomic mass is 10.0. The summed E-state index contributed by atoms with van der Waals surface area (Å²) in [5.41, 5.74) is 2.19. The van der Waals surface area contributed by atoms with Crippen LogP contribution in [0.3, 0.4) is 0 Å².